The second-order valence-electron chi connectivity index (χ2n) is 4.53. The first-order chi connectivity index (χ1) is 9.38. The molecule has 0 spiro atoms. The average Bonchev–Trinajstić information content (AvgIpc) is 2.93. The molecular weight excluding hydrogens is 236 g/mol. The van der Waals surface area contributed by atoms with Crippen molar-refractivity contribution in [2.75, 3.05) is 0 Å². The molecule has 0 saturated carbocycles. The van der Waals surface area contributed by atoms with Crippen LogP contribution in [0.15, 0.2) is 65.8 Å². The highest BCUT2D eigenvalue weighted by molar-refractivity contribution is 6.02. The Labute approximate surface area is 112 Å². The van der Waals surface area contributed by atoms with Crippen molar-refractivity contribution in [2.24, 2.45) is 5.10 Å². The molecule has 1 aliphatic heterocycles. The highest BCUT2D eigenvalue weighted by Gasteiger charge is 2.28. The molecule has 1 amide bonds. The van der Waals surface area contributed by atoms with Gasteiger partial charge in [-0.15, -0.1) is 0 Å². The van der Waals surface area contributed by atoms with Gasteiger partial charge >= 0.3 is 0 Å². The van der Waals surface area contributed by atoms with E-state index in [1.54, 1.807) is 0 Å². The van der Waals surface area contributed by atoms with E-state index in [1.807, 2.05) is 60.7 Å². The molecule has 0 radical (unpaired) electrons. The highest BCUT2D eigenvalue weighted by atomic mass is 16.1. The number of carbonyl (C=O) groups is 1. The lowest BCUT2D eigenvalue weighted by Crippen LogP contribution is -2.17. The number of hydrogen-bond acceptors (Lipinski definition) is 2. The molecule has 94 valence electrons. The molecule has 0 fully saturated rings. The van der Waals surface area contributed by atoms with E-state index in [2.05, 4.69) is 5.10 Å². The van der Waals surface area contributed by atoms with Gasteiger partial charge in [-0.2, -0.15) is 5.10 Å². The minimum Gasteiger partial charge on any atom is -0.277 e. The lowest BCUT2D eigenvalue weighted by atomic mass is 9.99. The van der Waals surface area contributed by atoms with Crippen molar-refractivity contribution in [3.63, 3.8) is 0 Å². The topological polar surface area (TPSA) is 32.7 Å². The summed E-state index contributed by atoms with van der Waals surface area (Å²) in [6, 6.07) is 20.0. The summed E-state index contributed by atoms with van der Waals surface area (Å²) in [5, 5.41) is 5.93. The second-order valence-corrected chi connectivity index (χ2v) is 4.53. The van der Waals surface area contributed by atoms with Gasteiger partial charge in [0.05, 0.1) is 11.8 Å². The number of amides is 1. The fourth-order valence-corrected chi connectivity index (χ4v) is 2.38. The number of benzene rings is 2. The van der Waals surface area contributed by atoms with Gasteiger partial charge < -0.3 is 0 Å². The smallest absolute Gasteiger partial charge is 0.230 e. The maximum absolute atomic E-state index is 11.2. The van der Waals surface area contributed by atoms with Crippen LogP contribution in [-0.4, -0.2) is 17.1 Å². The third-order valence-electron chi connectivity index (χ3n) is 3.34. The lowest BCUT2D eigenvalue weighted by Gasteiger charge is -2.16. The first-order valence-corrected chi connectivity index (χ1v) is 6.30. The molecule has 3 heteroatoms. The van der Waals surface area contributed by atoms with Crippen LogP contribution >= 0.6 is 0 Å². The Kier molecular flexibility index (Phi) is 3.11. The van der Waals surface area contributed by atoms with Gasteiger partial charge in [0.2, 0.25) is 6.41 Å². The standard InChI is InChI=1S/C16H14N2O/c19-12-18-16(14-9-5-2-6-10-14)11-15(17-18)13-7-3-1-4-8-13/h1-10,12,16H,11H2/t16-/m0/s1. The van der Waals surface area contributed by atoms with Crippen molar-refractivity contribution in [1.82, 2.24) is 5.01 Å². The summed E-state index contributed by atoms with van der Waals surface area (Å²) in [5.74, 6) is 0. The van der Waals surface area contributed by atoms with Crippen molar-refractivity contribution in [3.8, 4) is 0 Å². The Morgan fingerprint density at radius 1 is 1.00 bits per heavy atom. The predicted molar refractivity (Wildman–Crippen MR) is 74.7 cm³/mol. The van der Waals surface area contributed by atoms with E-state index >= 15 is 0 Å². The van der Waals surface area contributed by atoms with Crippen LogP contribution in [0.1, 0.15) is 23.6 Å². The fourth-order valence-electron chi connectivity index (χ4n) is 2.38. The van der Waals surface area contributed by atoms with Crippen LogP contribution in [0, 0.1) is 0 Å². The zero-order chi connectivity index (χ0) is 13.1. The van der Waals surface area contributed by atoms with Gasteiger partial charge in [0.25, 0.3) is 0 Å². The van der Waals surface area contributed by atoms with Crippen LogP contribution in [-0.2, 0) is 4.79 Å². The van der Waals surface area contributed by atoms with Crippen molar-refractivity contribution >= 4 is 12.1 Å². The summed E-state index contributed by atoms with van der Waals surface area (Å²) >= 11 is 0. The van der Waals surface area contributed by atoms with E-state index in [4.69, 9.17) is 0 Å². The lowest BCUT2D eigenvalue weighted by molar-refractivity contribution is -0.119. The fraction of sp³-hybridized carbons (Fsp3) is 0.125. The van der Waals surface area contributed by atoms with Crippen LogP contribution in [0.4, 0.5) is 0 Å². The largest absolute Gasteiger partial charge is 0.277 e. The van der Waals surface area contributed by atoms with Crippen LogP contribution in [0.3, 0.4) is 0 Å². The summed E-state index contributed by atoms with van der Waals surface area (Å²) in [4.78, 5) is 11.2. The monoisotopic (exact) mass is 250 g/mol. The Morgan fingerprint density at radius 2 is 1.63 bits per heavy atom. The van der Waals surface area contributed by atoms with Crippen LogP contribution in [0.5, 0.6) is 0 Å². The molecule has 3 rings (SSSR count). The predicted octanol–water partition coefficient (Wildman–Crippen LogP) is 2.99. The average molecular weight is 250 g/mol. The zero-order valence-electron chi connectivity index (χ0n) is 10.4. The van der Waals surface area contributed by atoms with Crippen molar-refractivity contribution in [1.29, 1.82) is 0 Å². The first-order valence-electron chi connectivity index (χ1n) is 6.30. The molecule has 19 heavy (non-hydrogen) atoms. The Morgan fingerprint density at radius 3 is 2.26 bits per heavy atom. The molecule has 0 bridgehead atoms. The molecule has 0 N–H and O–H groups in total. The van der Waals surface area contributed by atoms with E-state index in [0.717, 1.165) is 29.7 Å². The molecule has 0 aromatic heterocycles. The second kappa shape index (κ2) is 5.06. The molecule has 2 aromatic rings. The highest BCUT2D eigenvalue weighted by Crippen LogP contribution is 2.31. The van der Waals surface area contributed by atoms with Crippen LogP contribution < -0.4 is 0 Å². The maximum atomic E-state index is 11.2. The minimum atomic E-state index is 0.00825. The van der Waals surface area contributed by atoms with E-state index in [-0.39, 0.29) is 6.04 Å². The molecular formula is C16H14N2O. The number of rotatable bonds is 3. The molecule has 1 heterocycles. The van der Waals surface area contributed by atoms with Gasteiger partial charge in [-0.1, -0.05) is 60.7 Å². The molecule has 2 aromatic carbocycles. The van der Waals surface area contributed by atoms with Gasteiger partial charge in [-0.3, -0.25) is 4.79 Å². The van der Waals surface area contributed by atoms with Crippen LogP contribution in [0.2, 0.25) is 0 Å². The number of nitrogens with zero attached hydrogens (tertiary/aromatic N) is 2. The summed E-state index contributed by atoms with van der Waals surface area (Å²) < 4.78 is 0. The third-order valence-corrected chi connectivity index (χ3v) is 3.34. The first kappa shape index (κ1) is 11.7. The summed E-state index contributed by atoms with van der Waals surface area (Å²) in [6.07, 6.45) is 1.56. The number of hydrogen-bond donors (Lipinski definition) is 0. The van der Waals surface area contributed by atoms with E-state index < -0.39 is 0 Å². The Balaban J connectivity index is 1.90. The molecule has 0 saturated heterocycles. The summed E-state index contributed by atoms with van der Waals surface area (Å²) in [7, 11) is 0. The Hall–Kier alpha value is -2.42. The van der Waals surface area contributed by atoms with E-state index in [0.29, 0.717) is 0 Å². The maximum Gasteiger partial charge on any atom is 0.230 e. The normalized spacial score (nSPS) is 18.2. The molecule has 0 aliphatic carbocycles. The van der Waals surface area contributed by atoms with Crippen molar-refractivity contribution < 1.29 is 4.79 Å². The Bertz CT molecular complexity index is 593. The number of hydrazone groups is 1. The quantitative estimate of drug-likeness (QED) is 0.771. The van der Waals surface area contributed by atoms with Crippen molar-refractivity contribution in [2.45, 2.75) is 12.5 Å². The van der Waals surface area contributed by atoms with Crippen molar-refractivity contribution in [3.05, 3.63) is 71.8 Å². The van der Waals surface area contributed by atoms with E-state index in [9.17, 15) is 4.79 Å². The molecule has 1 aliphatic rings. The van der Waals surface area contributed by atoms with Gasteiger partial charge in [0, 0.05) is 6.42 Å². The third kappa shape index (κ3) is 2.27. The van der Waals surface area contributed by atoms with E-state index in [1.165, 1.54) is 5.01 Å². The summed E-state index contributed by atoms with van der Waals surface area (Å²) in [6.45, 7) is 0. The van der Waals surface area contributed by atoms with Gasteiger partial charge in [0.15, 0.2) is 0 Å². The molecule has 3 nitrogen and oxygen atoms in total. The molecule has 1 atom stereocenters. The SMILES string of the molecule is O=CN1N=C(c2ccccc2)C[C@H]1c1ccccc1. The van der Waals surface area contributed by atoms with Crippen LogP contribution in [0.25, 0.3) is 0 Å². The molecule has 0 unspecified atom stereocenters. The van der Waals surface area contributed by atoms with Gasteiger partial charge in [-0.25, -0.2) is 5.01 Å². The minimum absolute atomic E-state index is 0.00825. The number of carbonyl (C=O) groups excluding carboxylic acids is 1. The summed E-state index contributed by atoms with van der Waals surface area (Å²) in [5.41, 5.74) is 3.15. The van der Waals surface area contributed by atoms with Gasteiger partial charge in [-0.05, 0) is 11.1 Å². The zero-order valence-corrected chi connectivity index (χ0v) is 10.4. The van der Waals surface area contributed by atoms with Gasteiger partial charge in [0.1, 0.15) is 0 Å².